The second-order valence-electron chi connectivity index (χ2n) is 8.08. The molecule has 1 aromatic rings. The van der Waals surface area contributed by atoms with Gasteiger partial charge in [0, 0.05) is 49.8 Å². The van der Waals surface area contributed by atoms with E-state index in [1.54, 1.807) is 0 Å². The second kappa shape index (κ2) is 11.6. The number of para-hydroxylation sites is 1. The van der Waals surface area contributed by atoms with Crippen molar-refractivity contribution in [1.82, 2.24) is 15.5 Å². The van der Waals surface area contributed by atoms with Gasteiger partial charge in [-0.15, -0.1) is 24.0 Å². The first-order valence-corrected chi connectivity index (χ1v) is 11.1. The highest BCUT2D eigenvalue weighted by molar-refractivity contribution is 14.0. The molecule has 158 valence electrons. The molecule has 7 heteroatoms. The van der Waals surface area contributed by atoms with Crippen molar-refractivity contribution < 1.29 is 0 Å². The lowest BCUT2D eigenvalue weighted by atomic mass is 9.97. The van der Waals surface area contributed by atoms with E-state index in [0.29, 0.717) is 18.0 Å². The summed E-state index contributed by atoms with van der Waals surface area (Å²) in [5.41, 5.74) is 1.28. The molecule has 5 nitrogen and oxygen atoms in total. The van der Waals surface area contributed by atoms with Crippen LogP contribution in [0, 0.1) is 5.92 Å². The van der Waals surface area contributed by atoms with Gasteiger partial charge in [-0.25, -0.2) is 0 Å². The number of piperidine rings is 1. The normalized spacial score (nSPS) is 23.6. The molecule has 2 unspecified atom stereocenters. The van der Waals surface area contributed by atoms with Gasteiger partial charge in [-0.05, 0) is 73.6 Å². The molecular weight excluding hydrogens is 529 g/mol. The highest BCUT2D eigenvalue weighted by atomic mass is 127. The van der Waals surface area contributed by atoms with Gasteiger partial charge >= 0.3 is 0 Å². The van der Waals surface area contributed by atoms with Crippen LogP contribution in [0.5, 0.6) is 0 Å². The molecule has 28 heavy (non-hydrogen) atoms. The van der Waals surface area contributed by atoms with E-state index in [1.807, 2.05) is 7.05 Å². The number of aliphatic imine (C=N–C) groups is 1. The third kappa shape index (κ3) is 6.49. The molecule has 0 saturated carbocycles. The minimum absolute atomic E-state index is 0. The Kier molecular flexibility index (Phi) is 9.83. The maximum atomic E-state index is 4.46. The van der Waals surface area contributed by atoms with E-state index in [-0.39, 0.29) is 24.0 Å². The predicted molar refractivity (Wildman–Crippen MR) is 134 cm³/mol. The fourth-order valence-electron chi connectivity index (χ4n) is 4.17. The van der Waals surface area contributed by atoms with Gasteiger partial charge in [0.2, 0.25) is 0 Å². The van der Waals surface area contributed by atoms with Crippen molar-refractivity contribution >= 4 is 51.6 Å². The van der Waals surface area contributed by atoms with E-state index < -0.39 is 0 Å². The molecule has 2 fully saturated rings. The van der Waals surface area contributed by atoms with Gasteiger partial charge in [-0.1, -0.05) is 12.1 Å². The molecule has 0 bridgehead atoms. The Bertz CT molecular complexity index is 639. The summed E-state index contributed by atoms with van der Waals surface area (Å²) in [6.45, 7) is 10.1. The Balaban J connectivity index is 0.00000280. The van der Waals surface area contributed by atoms with Crippen LogP contribution in [-0.4, -0.2) is 62.7 Å². The summed E-state index contributed by atoms with van der Waals surface area (Å²) < 4.78 is 1.17. The largest absolute Gasteiger partial charge is 0.368 e. The SMILES string of the molecule is CN=C(NCC1CCCN(C(C)C)C1)NC1CCN(c2ccccc2Br)C1.I. The van der Waals surface area contributed by atoms with Gasteiger partial charge in [0.05, 0.1) is 5.69 Å². The molecule has 2 aliphatic heterocycles. The number of nitrogens with zero attached hydrogens (tertiary/aromatic N) is 3. The predicted octanol–water partition coefficient (Wildman–Crippen LogP) is 3.93. The Morgan fingerprint density at radius 2 is 2.00 bits per heavy atom. The standard InChI is InChI=1S/C21H34BrN5.HI/c1-16(2)26-11-6-7-17(14-26)13-24-21(23-3)25-18-10-12-27(15-18)20-9-5-4-8-19(20)22;/h4-5,8-9,16-18H,6-7,10-15H2,1-3H3,(H2,23,24,25);1H. The van der Waals surface area contributed by atoms with Crippen LogP contribution in [0.4, 0.5) is 5.69 Å². The zero-order chi connectivity index (χ0) is 19.2. The van der Waals surface area contributed by atoms with Crippen molar-refractivity contribution in [1.29, 1.82) is 0 Å². The Morgan fingerprint density at radius 1 is 1.21 bits per heavy atom. The number of guanidine groups is 1. The monoisotopic (exact) mass is 563 g/mol. The maximum absolute atomic E-state index is 4.46. The van der Waals surface area contributed by atoms with Crippen molar-refractivity contribution in [2.75, 3.05) is 44.7 Å². The van der Waals surface area contributed by atoms with Crippen LogP contribution in [0.2, 0.25) is 0 Å². The summed E-state index contributed by atoms with van der Waals surface area (Å²) in [6, 6.07) is 9.54. The summed E-state index contributed by atoms with van der Waals surface area (Å²) in [7, 11) is 1.87. The van der Waals surface area contributed by atoms with Crippen LogP contribution in [0.15, 0.2) is 33.7 Å². The summed E-state index contributed by atoms with van der Waals surface area (Å²) in [5, 5.41) is 7.20. The van der Waals surface area contributed by atoms with Crippen LogP contribution in [0.1, 0.15) is 33.1 Å². The molecule has 1 aromatic carbocycles. The first-order chi connectivity index (χ1) is 13.1. The maximum Gasteiger partial charge on any atom is 0.191 e. The first-order valence-electron chi connectivity index (χ1n) is 10.3. The molecule has 2 heterocycles. The first kappa shape index (κ1) is 23.7. The molecule has 2 atom stereocenters. The summed E-state index contributed by atoms with van der Waals surface area (Å²) in [4.78, 5) is 9.50. The molecule has 0 radical (unpaired) electrons. The van der Waals surface area contributed by atoms with E-state index in [2.05, 4.69) is 79.5 Å². The molecule has 2 saturated heterocycles. The van der Waals surface area contributed by atoms with E-state index in [0.717, 1.165) is 32.0 Å². The van der Waals surface area contributed by atoms with Crippen LogP contribution in [0.25, 0.3) is 0 Å². The minimum atomic E-state index is 0. The van der Waals surface area contributed by atoms with Gasteiger partial charge in [-0.2, -0.15) is 0 Å². The van der Waals surface area contributed by atoms with Gasteiger partial charge in [-0.3, -0.25) is 4.99 Å². The number of hydrogen-bond acceptors (Lipinski definition) is 3. The third-order valence-electron chi connectivity index (χ3n) is 5.78. The number of hydrogen-bond donors (Lipinski definition) is 2. The molecule has 2 aliphatic rings. The van der Waals surface area contributed by atoms with E-state index >= 15 is 0 Å². The van der Waals surface area contributed by atoms with Crippen LogP contribution in [0.3, 0.4) is 0 Å². The van der Waals surface area contributed by atoms with Crippen molar-refractivity contribution in [2.24, 2.45) is 10.9 Å². The minimum Gasteiger partial charge on any atom is -0.368 e. The number of rotatable bonds is 5. The lowest BCUT2D eigenvalue weighted by Crippen LogP contribution is -2.48. The highest BCUT2D eigenvalue weighted by Crippen LogP contribution is 2.28. The van der Waals surface area contributed by atoms with Crippen LogP contribution >= 0.6 is 39.9 Å². The van der Waals surface area contributed by atoms with Crippen molar-refractivity contribution in [3.05, 3.63) is 28.7 Å². The number of benzene rings is 1. The second-order valence-corrected chi connectivity index (χ2v) is 8.93. The van der Waals surface area contributed by atoms with Crippen LogP contribution in [-0.2, 0) is 0 Å². The van der Waals surface area contributed by atoms with Gasteiger partial charge < -0.3 is 20.4 Å². The third-order valence-corrected chi connectivity index (χ3v) is 6.46. The molecular formula is C21H35BrIN5. The van der Waals surface area contributed by atoms with E-state index in [9.17, 15) is 0 Å². The van der Waals surface area contributed by atoms with Gasteiger partial charge in [0.25, 0.3) is 0 Å². The van der Waals surface area contributed by atoms with Gasteiger partial charge in [0.1, 0.15) is 0 Å². The average molecular weight is 564 g/mol. The Hall–Kier alpha value is -0.540. The van der Waals surface area contributed by atoms with Crippen molar-refractivity contribution in [2.45, 2.75) is 45.2 Å². The Morgan fingerprint density at radius 3 is 2.71 bits per heavy atom. The van der Waals surface area contributed by atoms with Crippen molar-refractivity contribution in [3.63, 3.8) is 0 Å². The molecule has 3 rings (SSSR count). The zero-order valence-corrected chi connectivity index (χ0v) is 21.2. The quantitative estimate of drug-likeness (QED) is 0.324. The van der Waals surface area contributed by atoms with Gasteiger partial charge in [0.15, 0.2) is 5.96 Å². The number of anilines is 1. The fourth-order valence-corrected chi connectivity index (χ4v) is 4.70. The molecule has 0 aromatic heterocycles. The zero-order valence-electron chi connectivity index (χ0n) is 17.3. The number of likely N-dealkylation sites (tertiary alicyclic amines) is 1. The van der Waals surface area contributed by atoms with E-state index in [1.165, 1.54) is 36.1 Å². The van der Waals surface area contributed by atoms with E-state index in [4.69, 9.17) is 0 Å². The molecule has 0 amide bonds. The topological polar surface area (TPSA) is 42.9 Å². The molecule has 0 aliphatic carbocycles. The molecule has 2 N–H and O–H groups in total. The number of nitrogens with one attached hydrogen (secondary N) is 2. The number of halogens is 2. The Labute approximate surface area is 195 Å². The van der Waals surface area contributed by atoms with Crippen molar-refractivity contribution in [3.8, 4) is 0 Å². The fraction of sp³-hybridized carbons (Fsp3) is 0.667. The summed E-state index contributed by atoms with van der Waals surface area (Å²) in [6.07, 6.45) is 3.75. The lowest BCUT2D eigenvalue weighted by Gasteiger charge is -2.35. The average Bonchev–Trinajstić information content (AvgIpc) is 3.14. The molecule has 0 spiro atoms. The summed E-state index contributed by atoms with van der Waals surface area (Å²) >= 11 is 3.67. The van der Waals surface area contributed by atoms with Crippen LogP contribution < -0.4 is 15.5 Å². The summed E-state index contributed by atoms with van der Waals surface area (Å²) in [5.74, 6) is 1.65. The lowest BCUT2D eigenvalue weighted by molar-refractivity contribution is 0.141. The smallest absolute Gasteiger partial charge is 0.191 e. The highest BCUT2D eigenvalue weighted by Gasteiger charge is 2.25.